The molecule has 0 saturated carbocycles. The number of hydrogen-bond donors (Lipinski definition) is 0. The summed E-state index contributed by atoms with van der Waals surface area (Å²) in [6.45, 7) is 0.891. The minimum absolute atomic E-state index is 0.891. The van der Waals surface area contributed by atoms with Gasteiger partial charge in [-0.1, -0.05) is 78.9 Å². The van der Waals surface area contributed by atoms with Crippen LogP contribution < -0.4 is 3.96 Å². The molecule has 0 spiro atoms. The van der Waals surface area contributed by atoms with Gasteiger partial charge in [0.05, 0.1) is 0 Å². The molecule has 0 unspecified atom stereocenters. The fourth-order valence-electron chi connectivity index (χ4n) is 2.83. The van der Waals surface area contributed by atoms with Crippen molar-refractivity contribution >= 4 is 11.5 Å². The highest BCUT2D eigenvalue weighted by molar-refractivity contribution is 7.05. The topological polar surface area (TPSA) is 3.88 Å². The third-order valence-electron chi connectivity index (χ3n) is 4.04. The van der Waals surface area contributed by atoms with Gasteiger partial charge in [0.25, 0.3) is 0 Å². The van der Waals surface area contributed by atoms with Crippen molar-refractivity contribution < 1.29 is 3.96 Å². The normalized spacial score (nSPS) is 10.7. The van der Waals surface area contributed by atoms with Crippen molar-refractivity contribution in [3.8, 4) is 21.7 Å². The summed E-state index contributed by atoms with van der Waals surface area (Å²) >= 11 is 1.82. The van der Waals surface area contributed by atoms with Crippen molar-refractivity contribution in [2.24, 2.45) is 0 Å². The van der Waals surface area contributed by atoms with Crippen molar-refractivity contribution in [3.63, 3.8) is 0 Å². The summed E-state index contributed by atoms with van der Waals surface area (Å²) in [7, 11) is 0. The molecule has 0 aliphatic rings. The van der Waals surface area contributed by atoms with E-state index in [1.165, 1.54) is 27.3 Å². The Kier molecular flexibility index (Phi) is 4.22. The lowest BCUT2D eigenvalue weighted by Crippen LogP contribution is -2.31. The predicted octanol–water partition coefficient (Wildman–Crippen LogP) is 5.42. The van der Waals surface area contributed by atoms with Gasteiger partial charge in [-0.25, -0.2) is 0 Å². The number of nitrogens with zero attached hydrogens (tertiary/aromatic N) is 1. The van der Waals surface area contributed by atoms with E-state index in [1.807, 2.05) is 11.5 Å². The minimum Gasteiger partial charge on any atom is -0.129 e. The summed E-state index contributed by atoms with van der Waals surface area (Å²) in [6.07, 6.45) is 0. The molecule has 4 rings (SSSR count). The van der Waals surface area contributed by atoms with Gasteiger partial charge in [-0.2, -0.15) is 0 Å². The Morgan fingerprint density at radius 3 is 1.79 bits per heavy atom. The minimum atomic E-state index is 0.891. The van der Waals surface area contributed by atoms with Gasteiger partial charge in [0, 0.05) is 17.2 Å². The number of aromatic nitrogens is 1. The molecule has 1 heterocycles. The Balaban J connectivity index is 1.80. The zero-order valence-electron chi connectivity index (χ0n) is 13.3. The van der Waals surface area contributed by atoms with Crippen LogP contribution in [0.25, 0.3) is 21.7 Å². The van der Waals surface area contributed by atoms with Crippen molar-refractivity contribution in [1.29, 1.82) is 0 Å². The second-order valence-corrected chi connectivity index (χ2v) is 6.80. The first-order valence-electron chi connectivity index (χ1n) is 8.09. The first-order chi connectivity index (χ1) is 11.9. The monoisotopic (exact) mass is 328 g/mol. The second kappa shape index (κ2) is 6.81. The third-order valence-corrected chi connectivity index (χ3v) is 5.14. The van der Waals surface area contributed by atoms with E-state index >= 15 is 0 Å². The van der Waals surface area contributed by atoms with Crippen molar-refractivity contribution in [1.82, 2.24) is 0 Å². The maximum absolute atomic E-state index is 2.38. The maximum Gasteiger partial charge on any atom is 0.228 e. The Hall–Kier alpha value is -2.71. The highest BCUT2D eigenvalue weighted by atomic mass is 32.1. The van der Waals surface area contributed by atoms with Crippen LogP contribution in [0.3, 0.4) is 0 Å². The molecule has 0 radical (unpaired) electrons. The van der Waals surface area contributed by atoms with Gasteiger partial charge in [-0.05, 0) is 17.7 Å². The lowest BCUT2D eigenvalue weighted by atomic mass is 10.1. The van der Waals surface area contributed by atoms with E-state index in [9.17, 15) is 0 Å². The van der Waals surface area contributed by atoms with Crippen LogP contribution in [0.5, 0.6) is 0 Å². The Bertz CT molecular complexity index is 912. The van der Waals surface area contributed by atoms with Crippen LogP contribution in [0.4, 0.5) is 0 Å². The summed E-state index contributed by atoms with van der Waals surface area (Å²) in [5.41, 5.74) is 5.11. The van der Waals surface area contributed by atoms with Crippen LogP contribution in [0, 0.1) is 0 Å². The maximum atomic E-state index is 2.38. The first kappa shape index (κ1) is 14.9. The molecule has 24 heavy (non-hydrogen) atoms. The molecular formula is C22H18NS+. The molecule has 0 amide bonds. The SMILES string of the molecule is c1ccc(C[n+]2sc(-c3ccccc3)cc2-c2ccccc2)cc1. The van der Waals surface area contributed by atoms with E-state index in [2.05, 4.69) is 101 Å². The summed E-state index contributed by atoms with van der Waals surface area (Å²) in [5.74, 6) is 0. The van der Waals surface area contributed by atoms with Crippen LogP contribution in [0.2, 0.25) is 0 Å². The molecule has 0 saturated heterocycles. The highest BCUT2D eigenvalue weighted by Crippen LogP contribution is 2.28. The molecule has 0 atom stereocenters. The number of rotatable bonds is 4. The molecule has 2 heteroatoms. The van der Waals surface area contributed by atoms with Gasteiger partial charge >= 0.3 is 0 Å². The molecule has 0 aliphatic heterocycles. The van der Waals surface area contributed by atoms with Gasteiger partial charge in [0.1, 0.15) is 16.4 Å². The molecule has 1 aromatic heterocycles. The third kappa shape index (κ3) is 3.15. The first-order valence-corrected chi connectivity index (χ1v) is 8.86. The summed E-state index contributed by atoms with van der Waals surface area (Å²) in [6, 6.07) is 34.2. The highest BCUT2D eigenvalue weighted by Gasteiger charge is 2.20. The zero-order chi connectivity index (χ0) is 16.2. The van der Waals surface area contributed by atoms with Crippen LogP contribution in [-0.2, 0) is 6.54 Å². The standard InChI is InChI=1S/C22H18NS/c1-4-10-18(11-5-1)17-23-21(19-12-6-2-7-13-19)16-22(24-23)20-14-8-3-9-15-20/h1-16H,17H2/q+1. The average molecular weight is 328 g/mol. The van der Waals surface area contributed by atoms with E-state index in [4.69, 9.17) is 0 Å². The smallest absolute Gasteiger partial charge is 0.129 e. The van der Waals surface area contributed by atoms with E-state index in [0.717, 1.165) is 6.54 Å². The van der Waals surface area contributed by atoms with E-state index in [0.29, 0.717) is 0 Å². The largest absolute Gasteiger partial charge is 0.228 e. The van der Waals surface area contributed by atoms with Gasteiger partial charge in [-0.15, -0.1) is 3.96 Å². The lowest BCUT2D eigenvalue weighted by molar-refractivity contribution is -0.608. The van der Waals surface area contributed by atoms with Gasteiger partial charge in [0.15, 0.2) is 6.54 Å². The Labute approximate surface area is 146 Å². The zero-order valence-corrected chi connectivity index (χ0v) is 14.1. The molecule has 3 aromatic carbocycles. The van der Waals surface area contributed by atoms with E-state index < -0.39 is 0 Å². The summed E-state index contributed by atoms with van der Waals surface area (Å²) in [4.78, 5) is 1.30. The molecule has 0 N–H and O–H groups in total. The van der Waals surface area contributed by atoms with Crippen molar-refractivity contribution in [2.45, 2.75) is 6.54 Å². The van der Waals surface area contributed by atoms with Gasteiger partial charge in [0.2, 0.25) is 5.69 Å². The molecule has 1 nitrogen and oxygen atoms in total. The number of benzene rings is 3. The molecule has 0 aliphatic carbocycles. The fourth-order valence-corrected chi connectivity index (χ4v) is 3.95. The van der Waals surface area contributed by atoms with Gasteiger partial charge in [-0.3, -0.25) is 0 Å². The molecule has 4 aromatic rings. The predicted molar refractivity (Wildman–Crippen MR) is 101 cm³/mol. The van der Waals surface area contributed by atoms with Crippen LogP contribution in [0.15, 0.2) is 97.1 Å². The van der Waals surface area contributed by atoms with Crippen LogP contribution >= 0.6 is 11.5 Å². The second-order valence-electron chi connectivity index (χ2n) is 5.74. The molecule has 0 bridgehead atoms. The number of hydrogen-bond acceptors (Lipinski definition) is 1. The van der Waals surface area contributed by atoms with Gasteiger partial charge < -0.3 is 0 Å². The summed E-state index contributed by atoms with van der Waals surface area (Å²) < 4.78 is 2.38. The van der Waals surface area contributed by atoms with E-state index in [1.54, 1.807) is 0 Å². The Morgan fingerprint density at radius 1 is 0.625 bits per heavy atom. The van der Waals surface area contributed by atoms with Crippen LogP contribution in [0.1, 0.15) is 5.56 Å². The molecule has 0 fully saturated rings. The summed E-state index contributed by atoms with van der Waals surface area (Å²) in [5, 5.41) is 0. The lowest BCUT2D eigenvalue weighted by Gasteiger charge is -1.98. The Morgan fingerprint density at radius 2 is 1.17 bits per heavy atom. The fraction of sp³-hybridized carbons (Fsp3) is 0.0455. The molecular weight excluding hydrogens is 310 g/mol. The molecule has 116 valence electrons. The van der Waals surface area contributed by atoms with E-state index in [-0.39, 0.29) is 0 Å². The van der Waals surface area contributed by atoms with Crippen molar-refractivity contribution in [3.05, 3.63) is 103 Å². The van der Waals surface area contributed by atoms with Crippen LogP contribution in [-0.4, -0.2) is 0 Å². The quantitative estimate of drug-likeness (QED) is 0.441. The average Bonchev–Trinajstić information content (AvgIpc) is 3.08. The van der Waals surface area contributed by atoms with Crippen molar-refractivity contribution in [2.75, 3.05) is 0 Å².